The lowest BCUT2D eigenvalue weighted by atomic mass is 10.1. The van der Waals surface area contributed by atoms with Crippen LogP contribution in [0, 0.1) is 0 Å². The van der Waals surface area contributed by atoms with Gasteiger partial charge in [-0.1, -0.05) is 20.3 Å². The van der Waals surface area contributed by atoms with Crippen LogP contribution in [-0.2, 0) is 17.6 Å². The van der Waals surface area contributed by atoms with Crippen molar-refractivity contribution in [3.63, 3.8) is 0 Å². The van der Waals surface area contributed by atoms with Crippen LogP contribution in [0.5, 0.6) is 5.75 Å². The second-order valence-electron chi connectivity index (χ2n) is 6.83. The Hall–Kier alpha value is -2.34. The molecule has 1 aliphatic rings. The van der Waals surface area contributed by atoms with Crippen LogP contribution in [0.2, 0.25) is 0 Å². The van der Waals surface area contributed by atoms with E-state index in [1.54, 1.807) is 7.11 Å². The van der Waals surface area contributed by atoms with Crippen LogP contribution in [0.4, 0.5) is 0 Å². The third kappa shape index (κ3) is 4.33. The number of methoxy groups -OCH3 is 1. The Bertz CT molecular complexity index is 762. The minimum absolute atomic E-state index is 0.0504. The van der Waals surface area contributed by atoms with Gasteiger partial charge in [-0.3, -0.25) is 4.79 Å². The van der Waals surface area contributed by atoms with Crippen LogP contribution < -0.4 is 10.1 Å². The highest BCUT2D eigenvalue weighted by Crippen LogP contribution is 2.23. The molecule has 1 N–H and O–H groups in total. The Kier molecular flexibility index (Phi) is 6.50. The van der Waals surface area contributed by atoms with Crippen molar-refractivity contribution in [3.8, 4) is 11.4 Å². The number of aryl methyl sites for hydroxylation is 1. The van der Waals surface area contributed by atoms with Crippen molar-refractivity contribution in [2.45, 2.75) is 52.1 Å². The zero-order chi connectivity index (χ0) is 19.2. The molecule has 1 amide bonds. The molecule has 0 bridgehead atoms. The average Bonchev–Trinajstić information content (AvgIpc) is 3.34. The summed E-state index contributed by atoms with van der Waals surface area (Å²) in [7, 11) is 1.65. The maximum absolute atomic E-state index is 13.0. The predicted octanol–water partition coefficient (Wildman–Crippen LogP) is 3.30. The Morgan fingerprint density at radius 3 is 2.70 bits per heavy atom. The molecule has 1 saturated heterocycles. The number of aromatic nitrogens is 2. The molecule has 0 spiro atoms. The molecule has 0 aliphatic carbocycles. The summed E-state index contributed by atoms with van der Waals surface area (Å²) in [5.74, 6) is 0.748. The van der Waals surface area contributed by atoms with Gasteiger partial charge < -0.3 is 14.8 Å². The van der Waals surface area contributed by atoms with Crippen molar-refractivity contribution in [2.75, 3.05) is 20.3 Å². The SMILES string of the molecule is CCCc1nn(-c2ccc(OC)cc2)c(CC)c1C(=O)NCC1CCCO1. The minimum Gasteiger partial charge on any atom is -0.497 e. The first-order valence-corrected chi connectivity index (χ1v) is 9.82. The van der Waals surface area contributed by atoms with Gasteiger partial charge in [0.25, 0.3) is 5.91 Å². The highest BCUT2D eigenvalue weighted by molar-refractivity contribution is 5.96. The monoisotopic (exact) mass is 371 g/mol. The maximum atomic E-state index is 13.0. The fraction of sp³-hybridized carbons (Fsp3) is 0.524. The second kappa shape index (κ2) is 9.04. The van der Waals surface area contributed by atoms with Gasteiger partial charge in [-0.05, 0) is 49.9 Å². The van der Waals surface area contributed by atoms with E-state index in [0.717, 1.165) is 61.5 Å². The topological polar surface area (TPSA) is 65.4 Å². The Labute approximate surface area is 160 Å². The molecule has 1 aromatic carbocycles. The number of hydrogen-bond acceptors (Lipinski definition) is 4. The van der Waals surface area contributed by atoms with Gasteiger partial charge in [-0.25, -0.2) is 4.68 Å². The molecule has 146 valence electrons. The van der Waals surface area contributed by atoms with Crippen LogP contribution in [0.25, 0.3) is 5.69 Å². The van der Waals surface area contributed by atoms with E-state index < -0.39 is 0 Å². The fourth-order valence-electron chi connectivity index (χ4n) is 3.54. The summed E-state index contributed by atoms with van der Waals surface area (Å²) in [5.41, 5.74) is 3.44. The van der Waals surface area contributed by atoms with Crippen molar-refractivity contribution in [3.05, 3.63) is 41.2 Å². The molecular formula is C21H29N3O3. The largest absolute Gasteiger partial charge is 0.497 e. The van der Waals surface area contributed by atoms with Gasteiger partial charge in [0.1, 0.15) is 5.75 Å². The highest BCUT2D eigenvalue weighted by Gasteiger charge is 2.24. The molecule has 1 atom stereocenters. The lowest BCUT2D eigenvalue weighted by molar-refractivity contribution is 0.0856. The Balaban J connectivity index is 1.90. The number of benzene rings is 1. The number of nitrogens with one attached hydrogen (secondary N) is 1. The van der Waals surface area contributed by atoms with Gasteiger partial charge in [0, 0.05) is 13.2 Å². The van der Waals surface area contributed by atoms with Crippen LogP contribution >= 0.6 is 0 Å². The average molecular weight is 371 g/mol. The maximum Gasteiger partial charge on any atom is 0.255 e. The van der Waals surface area contributed by atoms with Gasteiger partial charge in [0.05, 0.1) is 35.9 Å². The zero-order valence-electron chi connectivity index (χ0n) is 16.5. The van der Waals surface area contributed by atoms with Gasteiger partial charge in [0.2, 0.25) is 0 Å². The molecule has 1 fully saturated rings. The van der Waals surface area contributed by atoms with E-state index >= 15 is 0 Å². The Morgan fingerprint density at radius 1 is 1.33 bits per heavy atom. The third-order valence-electron chi connectivity index (χ3n) is 4.93. The molecule has 6 nitrogen and oxygen atoms in total. The third-order valence-corrected chi connectivity index (χ3v) is 4.93. The van der Waals surface area contributed by atoms with Gasteiger partial charge in [0.15, 0.2) is 0 Å². The number of carbonyl (C=O) groups is 1. The normalized spacial score (nSPS) is 16.5. The van der Waals surface area contributed by atoms with E-state index in [9.17, 15) is 4.79 Å². The number of rotatable bonds is 8. The van der Waals surface area contributed by atoms with E-state index in [1.807, 2.05) is 28.9 Å². The summed E-state index contributed by atoms with van der Waals surface area (Å²) in [5, 5.41) is 7.84. The summed E-state index contributed by atoms with van der Waals surface area (Å²) < 4.78 is 12.8. The second-order valence-corrected chi connectivity index (χ2v) is 6.83. The van der Waals surface area contributed by atoms with E-state index in [-0.39, 0.29) is 12.0 Å². The molecule has 0 saturated carbocycles. The quantitative estimate of drug-likeness (QED) is 0.773. The van der Waals surface area contributed by atoms with Crippen LogP contribution in [0.1, 0.15) is 54.9 Å². The van der Waals surface area contributed by atoms with Gasteiger partial charge in [-0.2, -0.15) is 5.10 Å². The number of ether oxygens (including phenoxy) is 2. The molecule has 1 aliphatic heterocycles. The molecule has 1 unspecified atom stereocenters. The van der Waals surface area contributed by atoms with E-state index in [0.29, 0.717) is 12.1 Å². The molecule has 27 heavy (non-hydrogen) atoms. The van der Waals surface area contributed by atoms with Crippen molar-refractivity contribution < 1.29 is 14.3 Å². The first kappa shape index (κ1) is 19.4. The first-order valence-electron chi connectivity index (χ1n) is 9.82. The van der Waals surface area contributed by atoms with Gasteiger partial charge >= 0.3 is 0 Å². The van der Waals surface area contributed by atoms with Crippen molar-refractivity contribution in [1.29, 1.82) is 0 Å². The molecule has 2 aromatic rings. The van der Waals surface area contributed by atoms with Crippen LogP contribution in [0.3, 0.4) is 0 Å². The number of carbonyl (C=O) groups excluding carboxylic acids is 1. The number of hydrogen-bond donors (Lipinski definition) is 1. The summed E-state index contributed by atoms with van der Waals surface area (Å²) >= 11 is 0. The van der Waals surface area contributed by atoms with E-state index in [1.165, 1.54) is 0 Å². The Morgan fingerprint density at radius 2 is 2.11 bits per heavy atom. The smallest absolute Gasteiger partial charge is 0.255 e. The molecule has 6 heteroatoms. The van der Waals surface area contributed by atoms with Crippen molar-refractivity contribution in [2.24, 2.45) is 0 Å². The summed E-state index contributed by atoms with van der Waals surface area (Å²) in [6.07, 6.45) is 4.65. The van der Waals surface area contributed by atoms with Crippen molar-refractivity contribution in [1.82, 2.24) is 15.1 Å². The zero-order valence-corrected chi connectivity index (χ0v) is 16.5. The molecular weight excluding hydrogens is 342 g/mol. The summed E-state index contributed by atoms with van der Waals surface area (Å²) in [6, 6.07) is 7.75. The van der Waals surface area contributed by atoms with E-state index in [2.05, 4.69) is 19.2 Å². The lowest BCUT2D eigenvalue weighted by Crippen LogP contribution is -2.32. The lowest BCUT2D eigenvalue weighted by Gasteiger charge is -2.12. The van der Waals surface area contributed by atoms with Crippen LogP contribution in [0.15, 0.2) is 24.3 Å². The predicted molar refractivity (Wildman–Crippen MR) is 105 cm³/mol. The minimum atomic E-state index is -0.0504. The molecule has 1 aromatic heterocycles. The summed E-state index contributed by atoms with van der Waals surface area (Å²) in [4.78, 5) is 13.0. The number of amides is 1. The van der Waals surface area contributed by atoms with Crippen molar-refractivity contribution >= 4 is 5.91 Å². The van der Waals surface area contributed by atoms with Crippen LogP contribution in [-0.4, -0.2) is 42.1 Å². The van der Waals surface area contributed by atoms with Gasteiger partial charge in [-0.15, -0.1) is 0 Å². The number of nitrogens with zero attached hydrogens (tertiary/aromatic N) is 2. The molecule has 2 heterocycles. The molecule has 3 rings (SSSR count). The fourth-order valence-corrected chi connectivity index (χ4v) is 3.54. The van der Waals surface area contributed by atoms with E-state index in [4.69, 9.17) is 14.6 Å². The highest BCUT2D eigenvalue weighted by atomic mass is 16.5. The molecule has 0 radical (unpaired) electrons. The standard InChI is InChI=1S/C21H29N3O3/c1-4-7-18-20(21(25)22-14-17-8-6-13-27-17)19(5-2)24(23-18)15-9-11-16(26-3)12-10-15/h9-12,17H,4-8,13-14H2,1-3H3,(H,22,25). The summed E-state index contributed by atoms with van der Waals surface area (Å²) in [6.45, 7) is 5.51. The first-order chi connectivity index (χ1) is 13.2.